The summed E-state index contributed by atoms with van der Waals surface area (Å²) in [5.41, 5.74) is 1.30. The third-order valence-corrected chi connectivity index (χ3v) is 3.73. The molecule has 0 aliphatic carbocycles. The second kappa shape index (κ2) is 8.96. The molecule has 0 bridgehead atoms. The highest BCUT2D eigenvalue weighted by Crippen LogP contribution is 2.20. The van der Waals surface area contributed by atoms with E-state index in [9.17, 15) is 13.6 Å². The van der Waals surface area contributed by atoms with Crippen LogP contribution in [0.3, 0.4) is 0 Å². The molecule has 29 heavy (non-hydrogen) atoms. The predicted molar refractivity (Wildman–Crippen MR) is 110 cm³/mol. The number of rotatable bonds is 6. The van der Waals surface area contributed by atoms with Gasteiger partial charge in [-0.05, 0) is 50.2 Å². The van der Waals surface area contributed by atoms with Crippen LogP contribution < -0.4 is 21.3 Å². The van der Waals surface area contributed by atoms with Gasteiger partial charge in [-0.3, -0.25) is 0 Å². The Kier molecular flexibility index (Phi) is 6.18. The van der Waals surface area contributed by atoms with Crippen LogP contribution in [-0.4, -0.2) is 22.5 Å². The van der Waals surface area contributed by atoms with Crippen LogP contribution in [0.15, 0.2) is 48.5 Å². The van der Waals surface area contributed by atoms with E-state index in [-0.39, 0.29) is 5.69 Å². The molecule has 4 N–H and O–H groups in total. The predicted octanol–water partition coefficient (Wildman–Crippen LogP) is 4.88. The van der Waals surface area contributed by atoms with E-state index < -0.39 is 17.7 Å². The zero-order valence-electron chi connectivity index (χ0n) is 15.9. The van der Waals surface area contributed by atoms with Gasteiger partial charge in [0.2, 0.25) is 0 Å². The lowest BCUT2D eigenvalue weighted by Crippen LogP contribution is -2.19. The third kappa shape index (κ3) is 5.86. The number of nitrogens with one attached hydrogen (secondary N) is 4. The SMILES string of the molecule is CCNc1cc(Nc2ccc(NC(=O)Nc3cc(F)cc(F)c3)cc2)nc(C)n1. The largest absolute Gasteiger partial charge is 0.370 e. The number of hydrogen-bond donors (Lipinski definition) is 4. The lowest BCUT2D eigenvalue weighted by Gasteiger charge is -2.11. The molecule has 0 saturated carbocycles. The first kappa shape index (κ1) is 20.0. The highest BCUT2D eigenvalue weighted by Gasteiger charge is 2.07. The summed E-state index contributed by atoms with van der Waals surface area (Å²) in [6, 6.07) is 10.9. The van der Waals surface area contributed by atoms with Crippen molar-refractivity contribution in [3.05, 3.63) is 66.0 Å². The minimum Gasteiger partial charge on any atom is -0.370 e. The number of halogens is 2. The van der Waals surface area contributed by atoms with E-state index in [1.165, 1.54) is 0 Å². The number of aromatic nitrogens is 2. The number of carbonyl (C=O) groups is 1. The van der Waals surface area contributed by atoms with Crippen molar-refractivity contribution in [3.8, 4) is 0 Å². The monoisotopic (exact) mass is 398 g/mol. The van der Waals surface area contributed by atoms with E-state index in [0.717, 1.165) is 36.2 Å². The summed E-state index contributed by atoms with van der Waals surface area (Å²) in [5, 5.41) is 11.3. The van der Waals surface area contributed by atoms with Gasteiger partial charge >= 0.3 is 6.03 Å². The van der Waals surface area contributed by atoms with E-state index in [4.69, 9.17) is 0 Å². The number of amides is 2. The number of carbonyl (C=O) groups excluding carboxylic acids is 1. The number of nitrogens with zero attached hydrogens (tertiary/aromatic N) is 2. The average Bonchev–Trinajstić information content (AvgIpc) is 2.62. The summed E-state index contributed by atoms with van der Waals surface area (Å²) in [4.78, 5) is 20.6. The molecule has 9 heteroatoms. The van der Waals surface area contributed by atoms with Crippen LogP contribution in [0.5, 0.6) is 0 Å². The van der Waals surface area contributed by atoms with E-state index >= 15 is 0 Å². The normalized spacial score (nSPS) is 10.3. The van der Waals surface area contributed by atoms with Crippen molar-refractivity contribution in [1.29, 1.82) is 0 Å². The van der Waals surface area contributed by atoms with Crippen LogP contribution in [0.2, 0.25) is 0 Å². The molecule has 150 valence electrons. The smallest absolute Gasteiger partial charge is 0.323 e. The van der Waals surface area contributed by atoms with E-state index in [1.54, 1.807) is 30.3 Å². The number of benzene rings is 2. The van der Waals surface area contributed by atoms with Crippen LogP contribution in [0.25, 0.3) is 0 Å². The standard InChI is InChI=1S/C20H20F2N6O/c1-3-23-18-11-19(25-12(2)24-18)26-15-4-6-16(7-5-15)27-20(29)28-17-9-13(21)8-14(22)10-17/h4-11H,3H2,1-2H3,(H2,27,28,29)(H2,23,24,25,26). The molecule has 3 rings (SSSR count). The summed E-state index contributed by atoms with van der Waals surface area (Å²) in [6.07, 6.45) is 0. The Balaban J connectivity index is 1.62. The van der Waals surface area contributed by atoms with Gasteiger partial charge in [0.05, 0.1) is 0 Å². The van der Waals surface area contributed by atoms with Gasteiger partial charge in [-0.1, -0.05) is 0 Å². The fourth-order valence-corrected chi connectivity index (χ4v) is 2.61. The molecule has 7 nitrogen and oxygen atoms in total. The number of aryl methyl sites for hydroxylation is 1. The second-order valence-electron chi connectivity index (χ2n) is 6.16. The molecule has 1 aromatic heterocycles. The van der Waals surface area contributed by atoms with Crippen molar-refractivity contribution < 1.29 is 13.6 Å². The molecular formula is C20H20F2N6O. The van der Waals surface area contributed by atoms with Crippen LogP contribution in [-0.2, 0) is 0 Å². The topological polar surface area (TPSA) is 91.0 Å². The van der Waals surface area contributed by atoms with Crippen LogP contribution in [0.1, 0.15) is 12.7 Å². The molecule has 2 aromatic carbocycles. The Labute approximate surface area is 166 Å². The summed E-state index contributed by atoms with van der Waals surface area (Å²) < 4.78 is 26.4. The van der Waals surface area contributed by atoms with E-state index in [2.05, 4.69) is 31.2 Å². The number of anilines is 5. The van der Waals surface area contributed by atoms with Gasteiger partial charge in [-0.25, -0.2) is 23.5 Å². The van der Waals surface area contributed by atoms with Gasteiger partial charge < -0.3 is 21.3 Å². The zero-order valence-corrected chi connectivity index (χ0v) is 15.9. The molecule has 2 amide bonds. The molecule has 0 saturated heterocycles. The lowest BCUT2D eigenvalue weighted by atomic mass is 10.2. The fraction of sp³-hybridized carbons (Fsp3) is 0.150. The minimum atomic E-state index is -0.770. The molecule has 0 atom stereocenters. The van der Waals surface area contributed by atoms with Gasteiger partial charge in [-0.2, -0.15) is 0 Å². The zero-order chi connectivity index (χ0) is 20.8. The third-order valence-electron chi connectivity index (χ3n) is 3.73. The maximum atomic E-state index is 13.2. The van der Waals surface area contributed by atoms with Crippen molar-refractivity contribution in [2.45, 2.75) is 13.8 Å². The molecule has 0 aliphatic rings. The molecule has 0 radical (unpaired) electrons. The Morgan fingerprint density at radius 3 is 2.10 bits per heavy atom. The van der Waals surface area contributed by atoms with Gasteiger partial charge in [-0.15, -0.1) is 0 Å². The Bertz CT molecular complexity index is 990. The molecule has 0 spiro atoms. The Morgan fingerprint density at radius 2 is 1.45 bits per heavy atom. The number of hydrogen-bond acceptors (Lipinski definition) is 5. The first-order chi connectivity index (χ1) is 13.9. The van der Waals surface area contributed by atoms with Crippen LogP contribution in [0, 0.1) is 18.6 Å². The highest BCUT2D eigenvalue weighted by atomic mass is 19.1. The average molecular weight is 398 g/mol. The van der Waals surface area contributed by atoms with Crippen molar-refractivity contribution >= 4 is 34.7 Å². The van der Waals surface area contributed by atoms with Crippen molar-refractivity contribution in [1.82, 2.24) is 9.97 Å². The summed E-state index contributed by atoms with van der Waals surface area (Å²) in [7, 11) is 0. The van der Waals surface area contributed by atoms with Crippen LogP contribution >= 0.6 is 0 Å². The maximum absolute atomic E-state index is 13.2. The molecule has 0 aliphatic heterocycles. The highest BCUT2D eigenvalue weighted by molar-refractivity contribution is 5.99. The first-order valence-electron chi connectivity index (χ1n) is 8.92. The molecular weight excluding hydrogens is 378 g/mol. The molecule has 1 heterocycles. The lowest BCUT2D eigenvalue weighted by molar-refractivity contribution is 0.262. The number of urea groups is 1. The van der Waals surface area contributed by atoms with Gasteiger partial charge in [0, 0.05) is 35.7 Å². The Hall–Kier alpha value is -3.75. The Morgan fingerprint density at radius 1 is 0.862 bits per heavy atom. The van der Waals surface area contributed by atoms with Gasteiger partial charge in [0.25, 0.3) is 0 Å². The van der Waals surface area contributed by atoms with Crippen molar-refractivity contribution in [2.24, 2.45) is 0 Å². The summed E-state index contributed by atoms with van der Waals surface area (Å²) in [6.45, 7) is 4.54. The van der Waals surface area contributed by atoms with Gasteiger partial charge in [0.15, 0.2) is 0 Å². The molecule has 0 fully saturated rings. The summed E-state index contributed by atoms with van der Waals surface area (Å²) >= 11 is 0. The fourth-order valence-electron chi connectivity index (χ4n) is 2.61. The van der Waals surface area contributed by atoms with Crippen molar-refractivity contribution in [2.75, 3.05) is 27.8 Å². The molecule has 3 aromatic rings. The second-order valence-corrected chi connectivity index (χ2v) is 6.16. The maximum Gasteiger partial charge on any atom is 0.323 e. The summed E-state index contributed by atoms with van der Waals surface area (Å²) in [5.74, 6) is 0.460. The quantitative estimate of drug-likeness (QED) is 0.475. The van der Waals surface area contributed by atoms with Crippen LogP contribution in [0.4, 0.5) is 42.3 Å². The van der Waals surface area contributed by atoms with Gasteiger partial charge in [0.1, 0.15) is 29.1 Å². The van der Waals surface area contributed by atoms with Crippen molar-refractivity contribution in [3.63, 3.8) is 0 Å². The van der Waals surface area contributed by atoms with E-state index in [1.807, 2.05) is 13.8 Å². The minimum absolute atomic E-state index is 0.0221. The van der Waals surface area contributed by atoms with E-state index in [0.29, 0.717) is 17.3 Å². The first-order valence-corrected chi connectivity index (χ1v) is 8.92. The molecule has 0 unspecified atom stereocenters.